The van der Waals surface area contributed by atoms with E-state index in [0.29, 0.717) is 5.92 Å². The molecule has 3 nitrogen and oxygen atoms in total. The Hall–Kier alpha value is -0.700. The SMILES string of the molecule is N[C@H]1C=C(C2CCC2)N=N1. The van der Waals surface area contributed by atoms with Crippen molar-refractivity contribution in [1.82, 2.24) is 0 Å². The molecule has 0 spiro atoms. The molecule has 1 aliphatic carbocycles. The Morgan fingerprint density at radius 1 is 1.50 bits per heavy atom. The van der Waals surface area contributed by atoms with Gasteiger partial charge in [0, 0.05) is 5.92 Å². The van der Waals surface area contributed by atoms with E-state index in [1.165, 1.54) is 19.3 Å². The number of nitrogens with two attached hydrogens (primary N) is 1. The molecule has 1 heterocycles. The monoisotopic (exact) mass is 137 g/mol. The van der Waals surface area contributed by atoms with Crippen LogP contribution in [0.5, 0.6) is 0 Å². The molecule has 0 bridgehead atoms. The summed E-state index contributed by atoms with van der Waals surface area (Å²) >= 11 is 0. The molecule has 1 aliphatic heterocycles. The van der Waals surface area contributed by atoms with Crippen LogP contribution in [0.4, 0.5) is 0 Å². The van der Waals surface area contributed by atoms with E-state index in [0.717, 1.165) is 5.70 Å². The molecule has 1 atom stereocenters. The first-order valence-corrected chi connectivity index (χ1v) is 3.74. The fraction of sp³-hybridized carbons (Fsp3) is 0.714. The van der Waals surface area contributed by atoms with Crippen LogP contribution >= 0.6 is 0 Å². The lowest BCUT2D eigenvalue weighted by Gasteiger charge is -2.23. The van der Waals surface area contributed by atoms with Gasteiger partial charge in [-0.25, -0.2) is 0 Å². The van der Waals surface area contributed by atoms with Crippen molar-refractivity contribution in [2.75, 3.05) is 0 Å². The number of azo groups is 1. The highest BCUT2D eigenvalue weighted by atomic mass is 15.2. The van der Waals surface area contributed by atoms with Gasteiger partial charge in [-0.3, -0.25) is 0 Å². The molecule has 0 aromatic rings. The Kier molecular flexibility index (Phi) is 1.31. The summed E-state index contributed by atoms with van der Waals surface area (Å²) in [6, 6.07) is 0. The number of hydrogen-bond acceptors (Lipinski definition) is 3. The summed E-state index contributed by atoms with van der Waals surface area (Å²) in [6.45, 7) is 0. The van der Waals surface area contributed by atoms with Crippen molar-refractivity contribution in [3.63, 3.8) is 0 Å². The van der Waals surface area contributed by atoms with Gasteiger partial charge in [-0.2, -0.15) is 10.2 Å². The van der Waals surface area contributed by atoms with Crippen LogP contribution in [-0.2, 0) is 0 Å². The Balaban J connectivity index is 2.05. The molecular weight excluding hydrogens is 126 g/mol. The lowest BCUT2D eigenvalue weighted by molar-refractivity contribution is 0.365. The molecular formula is C7H11N3. The molecule has 1 fully saturated rings. The molecule has 0 saturated heterocycles. The smallest absolute Gasteiger partial charge is 0.139 e. The van der Waals surface area contributed by atoms with Crippen molar-refractivity contribution >= 4 is 0 Å². The minimum Gasteiger partial charge on any atom is -0.305 e. The Bertz CT molecular complexity index is 191. The molecule has 54 valence electrons. The van der Waals surface area contributed by atoms with Crippen molar-refractivity contribution in [3.05, 3.63) is 11.8 Å². The molecule has 2 rings (SSSR count). The Morgan fingerprint density at radius 2 is 2.30 bits per heavy atom. The second-order valence-electron chi connectivity index (χ2n) is 2.93. The van der Waals surface area contributed by atoms with E-state index in [1.807, 2.05) is 6.08 Å². The van der Waals surface area contributed by atoms with E-state index in [9.17, 15) is 0 Å². The highest BCUT2D eigenvalue weighted by Gasteiger charge is 2.24. The van der Waals surface area contributed by atoms with Crippen LogP contribution in [0.15, 0.2) is 22.0 Å². The Morgan fingerprint density at radius 3 is 2.70 bits per heavy atom. The van der Waals surface area contributed by atoms with Gasteiger partial charge >= 0.3 is 0 Å². The fourth-order valence-corrected chi connectivity index (χ4v) is 1.30. The van der Waals surface area contributed by atoms with Gasteiger partial charge in [0.1, 0.15) is 6.17 Å². The normalized spacial score (nSPS) is 32.1. The van der Waals surface area contributed by atoms with E-state index >= 15 is 0 Å². The van der Waals surface area contributed by atoms with Crippen LogP contribution in [0, 0.1) is 5.92 Å². The average Bonchev–Trinajstić information content (AvgIpc) is 2.10. The lowest BCUT2D eigenvalue weighted by atomic mass is 9.83. The van der Waals surface area contributed by atoms with Gasteiger partial charge in [0.15, 0.2) is 0 Å². The minimum absolute atomic E-state index is 0.157. The maximum absolute atomic E-state index is 5.50. The molecule has 0 aromatic carbocycles. The highest BCUT2D eigenvalue weighted by molar-refractivity contribution is 5.13. The van der Waals surface area contributed by atoms with Crippen molar-refractivity contribution in [2.45, 2.75) is 25.4 Å². The third-order valence-electron chi connectivity index (χ3n) is 2.17. The number of hydrogen-bond donors (Lipinski definition) is 1. The maximum atomic E-state index is 5.50. The summed E-state index contributed by atoms with van der Waals surface area (Å²) in [4.78, 5) is 0. The first kappa shape index (κ1) is 6.04. The predicted molar refractivity (Wildman–Crippen MR) is 38.3 cm³/mol. The first-order valence-electron chi connectivity index (χ1n) is 3.74. The number of rotatable bonds is 1. The van der Waals surface area contributed by atoms with E-state index in [-0.39, 0.29) is 6.17 Å². The van der Waals surface area contributed by atoms with E-state index in [2.05, 4.69) is 10.2 Å². The zero-order valence-electron chi connectivity index (χ0n) is 5.83. The molecule has 0 unspecified atom stereocenters. The number of allylic oxidation sites excluding steroid dienone is 1. The van der Waals surface area contributed by atoms with Crippen LogP contribution in [0.1, 0.15) is 19.3 Å². The van der Waals surface area contributed by atoms with Gasteiger partial charge < -0.3 is 5.73 Å². The summed E-state index contributed by atoms with van der Waals surface area (Å²) in [5.41, 5.74) is 6.63. The van der Waals surface area contributed by atoms with Crippen LogP contribution in [-0.4, -0.2) is 6.17 Å². The van der Waals surface area contributed by atoms with E-state index in [1.54, 1.807) is 0 Å². The van der Waals surface area contributed by atoms with Gasteiger partial charge in [0.25, 0.3) is 0 Å². The predicted octanol–water partition coefficient (Wildman–Crippen LogP) is 1.42. The van der Waals surface area contributed by atoms with Gasteiger partial charge in [-0.15, -0.1) is 0 Å². The second-order valence-corrected chi connectivity index (χ2v) is 2.93. The maximum Gasteiger partial charge on any atom is 0.139 e. The summed E-state index contributed by atoms with van der Waals surface area (Å²) < 4.78 is 0. The van der Waals surface area contributed by atoms with E-state index in [4.69, 9.17) is 5.73 Å². The molecule has 0 radical (unpaired) electrons. The standard InChI is InChI=1S/C7H11N3/c8-7-4-6(9-10-7)5-2-1-3-5/h4-5,7H,1-3,8H2/t7-/m1/s1. The zero-order valence-corrected chi connectivity index (χ0v) is 5.83. The van der Waals surface area contributed by atoms with Crippen LogP contribution in [0.25, 0.3) is 0 Å². The average molecular weight is 137 g/mol. The molecule has 0 amide bonds. The van der Waals surface area contributed by atoms with Crippen molar-refractivity contribution in [2.24, 2.45) is 21.9 Å². The molecule has 2 N–H and O–H groups in total. The molecule has 0 aromatic heterocycles. The van der Waals surface area contributed by atoms with Gasteiger partial charge in [-0.05, 0) is 18.9 Å². The second kappa shape index (κ2) is 2.16. The summed E-state index contributed by atoms with van der Waals surface area (Å²) in [5.74, 6) is 0.678. The van der Waals surface area contributed by atoms with Gasteiger partial charge in [-0.1, -0.05) is 6.42 Å². The molecule has 1 saturated carbocycles. The van der Waals surface area contributed by atoms with Crippen LogP contribution in [0.3, 0.4) is 0 Å². The van der Waals surface area contributed by atoms with Crippen molar-refractivity contribution in [1.29, 1.82) is 0 Å². The fourth-order valence-electron chi connectivity index (χ4n) is 1.30. The number of nitrogens with zero attached hydrogens (tertiary/aromatic N) is 2. The van der Waals surface area contributed by atoms with Crippen LogP contribution in [0.2, 0.25) is 0 Å². The largest absolute Gasteiger partial charge is 0.305 e. The third kappa shape index (κ3) is 0.865. The minimum atomic E-state index is -0.157. The summed E-state index contributed by atoms with van der Waals surface area (Å²) in [5, 5.41) is 7.83. The zero-order chi connectivity index (χ0) is 6.97. The summed E-state index contributed by atoms with van der Waals surface area (Å²) in [6.07, 6.45) is 5.70. The van der Waals surface area contributed by atoms with Crippen molar-refractivity contribution < 1.29 is 0 Å². The topological polar surface area (TPSA) is 50.7 Å². The highest BCUT2D eigenvalue weighted by Crippen LogP contribution is 2.35. The first-order chi connectivity index (χ1) is 4.86. The van der Waals surface area contributed by atoms with Crippen molar-refractivity contribution in [3.8, 4) is 0 Å². The summed E-state index contributed by atoms with van der Waals surface area (Å²) in [7, 11) is 0. The quantitative estimate of drug-likeness (QED) is 0.583. The van der Waals surface area contributed by atoms with E-state index < -0.39 is 0 Å². The third-order valence-corrected chi connectivity index (χ3v) is 2.17. The van der Waals surface area contributed by atoms with Crippen LogP contribution < -0.4 is 5.73 Å². The van der Waals surface area contributed by atoms with Gasteiger partial charge in [0.05, 0.1) is 5.70 Å². The molecule has 3 heteroatoms. The molecule has 10 heavy (non-hydrogen) atoms. The lowest BCUT2D eigenvalue weighted by Crippen LogP contribution is -2.14. The molecule has 2 aliphatic rings. The Labute approximate surface area is 60.0 Å². The van der Waals surface area contributed by atoms with Gasteiger partial charge in [0.2, 0.25) is 0 Å².